The van der Waals surface area contributed by atoms with Gasteiger partial charge in [0.25, 0.3) is 0 Å². The highest BCUT2D eigenvalue weighted by Crippen LogP contribution is 2.38. The summed E-state index contributed by atoms with van der Waals surface area (Å²) in [7, 11) is -3.69. The van der Waals surface area contributed by atoms with Gasteiger partial charge >= 0.3 is 12.4 Å². The molecule has 1 heterocycles. The first-order valence-corrected chi connectivity index (χ1v) is 13.1. The molecule has 37 heavy (non-hydrogen) atoms. The summed E-state index contributed by atoms with van der Waals surface area (Å²) >= 11 is 0. The molecule has 0 aliphatic carbocycles. The van der Waals surface area contributed by atoms with Crippen LogP contribution in [0.4, 0.5) is 26.3 Å². The van der Waals surface area contributed by atoms with Crippen molar-refractivity contribution in [3.8, 4) is 0 Å². The third-order valence-electron chi connectivity index (χ3n) is 6.16. The number of halogens is 6. The minimum Gasteiger partial charge on any atom is -0.376 e. The second-order valence-electron chi connectivity index (χ2n) is 9.13. The van der Waals surface area contributed by atoms with Crippen LogP contribution in [-0.4, -0.2) is 51.7 Å². The molecule has 6 nitrogen and oxygen atoms in total. The molecule has 3 rings (SSSR count). The summed E-state index contributed by atoms with van der Waals surface area (Å²) in [5.41, 5.74) is -2.77. The Labute approximate surface area is 210 Å². The Morgan fingerprint density at radius 1 is 0.973 bits per heavy atom. The zero-order valence-electron chi connectivity index (χ0n) is 19.8. The Morgan fingerprint density at radius 2 is 1.51 bits per heavy atom. The van der Waals surface area contributed by atoms with Crippen LogP contribution in [0.5, 0.6) is 0 Å². The fourth-order valence-electron chi connectivity index (χ4n) is 4.36. The van der Waals surface area contributed by atoms with E-state index in [1.807, 2.05) is 35.1 Å². The predicted octanol–water partition coefficient (Wildman–Crippen LogP) is 4.35. The zero-order chi connectivity index (χ0) is 27.5. The highest BCUT2D eigenvalue weighted by molar-refractivity contribution is 7.89. The average Bonchev–Trinajstić information content (AvgIpc) is 2.78. The predicted molar refractivity (Wildman–Crippen MR) is 123 cm³/mol. The molecule has 1 saturated heterocycles. The number of benzene rings is 2. The fourth-order valence-corrected chi connectivity index (χ4v) is 4.83. The molecule has 0 radical (unpaired) electrons. The highest BCUT2D eigenvalue weighted by atomic mass is 32.2. The monoisotopic (exact) mass is 552 g/mol. The summed E-state index contributed by atoms with van der Waals surface area (Å²) in [5.74, 6) is -0.670. The third kappa shape index (κ3) is 8.17. The molecule has 0 atom stereocenters. The zero-order valence-corrected chi connectivity index (χ0v) is 20.6. The van der Waals surface area contributed by atoms with Gasteiger partial charge in [-0.15, -0.1) is 0 Å². The summed E-state index contributed by atoms with van der Waals surface area (Å²) in [6.45, 7) is 0.234. The van der Waals surface area contributed by atoms with Crippen LogP contribution in [0.3, 0.4) is 0 Å². The van der Waals surface area contributed by atoms with E-state index in [1.165, 1.54) is 0 Å². The van der Waals surface area contributed by atoms with Gasteiger partial charge in [-0.3, -0.25) is 14.4 Å². The molecule has 0 aromatic heterocycles. The number of hydrogen-bond donors (Lipinski definition) is 1. The van der Waals surface area contributed by atoms with E-state index in [-0.39, 0.29) is 24.8 Å². The molecule has 1 amide bonds. The SMILES string of the molecule is CS(=O)(=O)NC(=O)CN1CCC(COCc2cc(C(F)(F)F)cc(C(F)(F)F)c2)(c2ccccc2)CC1. The molecule has 13 heteroatoms. The number of alkyl halides is 6. The number of ether oxygens (including phenoxy) is 1. The van der Waals surface area contributed by atoms with E-state index in [0.29, 0.717) is 38.1 Å². The van der Waals surface area contributed by atoms with E-state index >= 15 is 0 Å². The minimum atomic E-state index is -4.95. The van der Waals surface area contributed by atoms with Crippen molar-refractivity contribution in [2.45, 2.75) is 37.2 Å². The van der Waals surface area contributed by atoms with Gasteiger partial charge in [-0.25, -0.2) is 8.42 Å². The summed E-state index contributed by atoms with van der Waals surface area (Å²) in [5, 5.41) is 0. The molecular weight excluding hydrogens is 526 g/mol. The number of rotatable bonds is 8. The average molecular weight is 553 g/mol. The molecule has 1 aliphatic rings. The van der Waals surface area contributed by atoms with Gasteiger partial charge in [0.1, 0.15) is 0 Å². The topological polar surface area (TPSA) is 75.7 Å². The van der Waals surface area contributed by atoms with Crippen molar-refractivity contribution in [1.82, 2.24) is 9.62 Å². The standard InChI is InChI=1S/C24H26F6N2O4S/c1-37(34,35)31-21(33)14-32-9-7-22(8-10-32,18-5-3-2-4-6-18)16-36-15-17-11-19(23(25,26)27)13-20(12-17)24(28,29)30/h2-6,11-13H,7-10,14-16H2,1H3,(H,31,33). The lowest BCUT2D eigenvalue weighted by Crippen LogP contribution is -2.48. The summed E-state index contributed by atoms with van der Waals surface area (Å²) < 4.78 is 109. The van der Waals surface area contributed by atoms with Crippen molar-refractivity contribution in [3.63, 3.8) is 0 Å². The molecule has 0 unspecified atom stereocenters. The molecule has 1 fully saturated rings. The quantitative estimate of drug-likeness (QED) is 0.493. The van der Waals surface area contributed by atoms with E-state index in [2.05, 4.69) is 0 Å². The van der Waals surface area contributed by atoms with Crippen molar-refractivity contribution in [1.29, 1.82) is 0 Å². The Bertz CT molecular complexity index is 1160. The van der Waals surface area contributed by atoms with Gasteiger partial charge in [0.15, 0.2) is 0 Å². The molecule has 204 valence electrons. The second-order valence-corrected chi connectivity index (χ2v) is 10.9. The maximum atomic E-state index is 13.2. The lowest BCUT2D eigenvalue weighted by molar-refractivity contribution is -0.143. The number of carbonyl (C=O) groups is 1. The van der Waals surface area contributed by atoms with Gasteiger partial charge < -0.3 is 4.74 Å². The van der Waals surface area contributed by atoms with Gasteiger partial charge in [0, 0.05) is 5.41 Å². The second kappa shape index (κ2) is 11.0. The molecule has 0 saturated carbocycles. The maximum absolute atomic E-state index is 13.2. The Morgan fingerprint density at radius 3 is 2.00 bits per heavy atom. The van der Waals surface area contributed by atoms with Gasteiger partial charge in [0.2, 0.25) is 15.9 Å². The molecule has 2 aromatic carbocycles. The first-order chi connectivity index (χ1) is 17.1. The van der Waals surface area contributed by atoms with Crippen molar-refractivity contribution >= 4 is 15.9 Å². The van der Waals surface area contributed by atoms with E-state index in [1.54, 1.807) is 4.90 Å². The lowest BCUT2D eigenvalue weighted by Gasteiger charge is -2.42. The number of hydrogen-bond acceptors (Lipinski definition) is 5. The number of carbonyl (C=O) groups excluding carboxylic acids is 1. The summed E-state index contributed by atoms with van der Waals surface area (Å²) in [6.07, 6.45) is -8.07. The Hall–Kier alpha value is -2.64. The first kappa shape index (κ1) is 28.9. The number of nitrogens with zero attached hydrogens (tertiary/aromatic N) is 1. The summed E-state index contributed by atoms with van der Waals surface area (Å²) in [4.78, 5) is 13.7. The number of likely N-dealkylation sites (tertiary alicyclic amines) is 1. The number of piperidine rings is 1. The van der Waals surface area contributed by atoms with Gasteiger partial charge in [-0.1, -0.05) is 30.3 Å². The van der Waals surface area contributed by atoms with Gasteiger partial charge in [-0.05, 0) is 55.3 Å². The van der Waals surface area contributed by atoms with Crippen LogP contribution in [0.25, 0.3) is 0 Å². The molecule has 0 spiro atoms. The van der Waals surface area contributed by atoms with Crippen LogP contribution in [0.2, 0.25) is 0 Å². The van der Waals surface area contributed by atoms with E-state index in [9.17, 15) is 39.6 Å². The number of sulfonamides is 1. The van der Waals surface area contributed by atoms with Gasteiger partial charge in [-0.2, -0.15) is 26.3 Å². The van der Waals surface area contributed by atoms with E-state index < -0.39 is 51.4 Å². The first-order valence-electron chi connectivity index (χ1n) is 11.2. The van der Waals surface area contributed by atoms with Crippen molar-refractivity contribution in [3.05, 3.63) is 70.8 Å². The van der Waals surface area contributed by atoms with Crippen LogP contribution in [0, 0.1) is 0 Å². The highest BCUT2D eigenvalue weighted by Gasteiger charge is 2.38. The van der Waals surface area contributed by atoms with Crippen LogP contribution >= 0.6 is 0 Å². The summed E-state index contributed by atoms with van der Waals surface area (Å²) in [6, 6.07) is 10.5. The van der Waals surface area contributed by atoms with Crippen molar-refractivity contribution in [2.24, 2.45) is 0 Å². The van der Waals surface area contributed by atoms with Gasteiger partial charge in [0.05, 0.1) is 37.1 Å². The number of amides is 1. The van der Waals surface area contributed by atoms with E-state index in [4.69, 9.17) is 4.74 Å². The molecule has 2 aromatic rings. The molecular formula is C24H26F6N2O4S. The number of nitrogens with one attached hydrogen (secondary N) is 1. The maximum Gasteiger partial charge on any atom is 0.416 e. The van der Waals surface area contributed by atoms with Crippen LogP contribution in [0.1, 0.15) is 35.1 Å². The minimum absolute atomic E-state index is 0.0258. The van der Waals surface area contributed by atoms with Crippen LogP contribution in [-0.2, 0) is 43.9 Å². The lowest BCUT2D eigenvalue weighted by atomic mass is 9.73. The molecule has 1 aliphatic heterocycles. The van der Waals surface area contributed by atoms with Crippen molar-refractivity contribution < 1.29 is 44.3 Å². The van der Waals surface area contributed by atoms with Crippen LogP contribution in [0.15, 0.2) is 48.5 Å². The van der Waals surface area contributed by atoms with Crippen molar-refractivity contribution in [2.75, 3.05) is 32.5 Å². The smallest absolute Gasteiger partial charge is 0.376 e. The Balaban J connectivity index is 1.74. The van der Waals surface area contributed by atoms with E-state index in [0.717, 1.165) is 11.8 Å². The Kier molecular flexibility index (Phi) is 8.60. The third-order valence-corrected chi connectivity index (χ3v) is 6.76. The van der Waals surface area contributed by atoms with Crippen LogP contribution < -0.4 is 4.72 Å². The normalized spacial score (nSPS) is 16.9. The molecule has 1 N–H and O–H groups in total. The molecule has 0 bridgehead atoms. The fraction of sp³-hybridized carbons (Fsp3) is 0.458. The largest absolute Gasteiger partial charge is 0.416 e.